The molecule has 2 unspecified atom stereocenters. The SMILES string of the molecule is CCC1(F)CC1(F)CC. The van der Waals surface area contributed by atoms with Gasteiger partial charge in [-0.15, -0.1) is 0 Å². The molecule has 0 aliphatic heterocycles. The van der Waals surface area contributed by atoms with E-state index in [1.54, 1.807) is 13.8 Å². The molecule has 0 nitrogen and oxygen atoms in total. The first-order valence-corrected chi connectivity index (χ1v) is 3.46. The minimum Gasteiger partial charge on any atom is -0.240 e. The van der Waals surface area contributed by atoms with Crippen LogP contribution in [0.5, 0.6) is 0 Å². The highest BCUT2D eigenvalue weighted by atomic mass is 19.2. The zero-order chi connectivity index (χ0) is 7.12. The fourth-order valence-electron chi connectivity index (χ4n) is 1.28. The number of hydrogen-bond acceptors (Lipinski definition) is 0. The maximum absolute atomic E-state index is 12.9. The summed E-state index contributed by atoms with van der Waals surface area (Å²) in [5.74, 6) is 0. The molecule has 0 radical (unpaired) electrons. The number of rotatable bonds is 2. The van der Waals surface area contributed by atoms with Crippen molar-refractivity contribution in [1.29, 1.82) is 0 Å². The lowest BCUT2D eigenvalue weighted by molar-refractivity contribution is 0.158. The van der Waals surface area contributed by atoms with Crippen molar-refractivity contribution < 1.29 is 8.78 Å². The standard InChI is InChI=1S/C7H12F2/c1-3-6(8)5-7(6,9)4-2/h3-5H2,1-2H3. The Hall–Kier alpha value is -0.140. The zero-order valence-electron chi connectivity index (χ0n) is 5.88. The molecule has 1 rings (SSSR count). The van der Waals surface area contributed by atoms with Crippen LogP contribution in [0.15, 0.2) is 0 Å². The molecule has 0 aromatic rings. The summed E-state index contributed by atoms with van der Waals surface area (Å²) in [6.45, 7) is 3.38. The van der Waals surface area contributed by atoms with Gasteiger partial charge in [-0.3, -0.25) is 0 Å². The van der Waals surface area contributed by atoms with Crippen molar-refractivity contribution >= 4 is 0 Å². The maximum atomic E-state index is 12.9. The van der Waals surface area contributed by atoms with Crippen LogP contribution in [0.4, 0.5) is 8.78 Å². The molecule has 1 aliphatic rings. The molecule has 0 aromatic heterocycles. The largest absolute Gasteiger partial charge is 0.240 e. The molecule has 0 aromatic carbocycles. The second-order valence-corrected chi connectivity index (χ2v) is 2.81. The second-order valence-electron chi connectivity index (χ2n) is 2.81. The molecular weight excluding hydrogens is 122 g/mol. The van der Waals surface area contributed by atoms with Gasteiger partial charge in [0.25, 0.3) is 0 Å². The molecule has 1 fully saturated rings. The predicted octanol–water partition coefficient (Wildman–Crippen LogP) is 2.63. The first-order valence-electron chi connectivity index (χ1n) is 3.46. The molecule has 1 aliphatic carbocycles. The van der Waals surface area contributed by atoms with Gasteiger partial charge in [-0.2, -0.15) is 0 Å². The third-order valence-corrected chi connectivity index (χ3v) is 2.36. The fraction of sp³-hybridized carbons (Fsp3) is 1.00. The molecule has 0 bridgehead atoms. The lowest BCUT2D eigenvalue weighted by atomic mass is 10.1. The Morgan fingerprint density at radius 3 is 1.56 bits per heavy atom. The van der Waals surface area contributed by atoms with Crippen LogP contribution in [0.3, 0.4) is 0 Å². The van der Waals surface area contributed by atoms with Gasteiger partial charge in [-0.1, -0.05) is 13.8 Å². The Labute approximate surface area is 54.3 Å². The fourth-order valence-corrected chi connectivity index (χ4v) is 1.28. The summed E-state index contributed by atoms with van der Waals surface area (Å²) < 4.78 is 25.8. The maximum Gasteiger partial charge on any atom is 0.147 e. The van der Waals surface area contributed by atoms with Gasteiger partial charge < -0.3 is 0 Å². The van der Waals surface area contributed by atoms with E-state index in [1.807, 2.05) is 0 Å². The third-order valence-electron chi connectivity index (χ3n) is 2.36. The molecular formula is C7H12F2. The van der Waals surface area contributed by atoms with Gasteiger partial charge in [0.15, 0.2) is 0 Å². The quantitative estimate of drug-likeness (QED) is 0.544. The van der Waals surface area contributed by atoms with E-state index in [9.17, 15) is 8.78 Å². The van der Waals surface area contributed by atoms with Gasteiger partial charge >= 0.3 is 0 Å². The predicted molar refractivity (Wildman–Crippen MR) is 32.9 cm³/mol. The summed E-state index contributed by atoms with van der Waals surface area (Å²) >= 11 is 0. The Morgan fingerprint density at radius 1 is 1.11 bits per heavy atom. The van der Waals surface area contributed by atoms with Crippen LogP contribution in [-0.4, -0.2) is 11.3 Å². The molecule has 0 heterocycles. The van der Waals surface area contributed by atoms with Gasteiger partial charge in [-0.25, -0.2) is 8.78 Å². The van der Waals surface area contributed by atoms with Gasteiger partial charge in [0.2, 0.25) is 0 Å². The van der Waals surface area contributed by atoms with E-state index in [0.29, 0.717) is 12.8 Å². The average Bonchev–Trinajstić information content (AvgIpc) is 2.39. The first kappa shape index (κ1) is 6.97. The molecule has 1 saturated carbocycles. The lowest BCUT2D eigenvalue weighted by Gasteiger charge is -2.05. The van der Waals surface area contributed by atoms with Gasteiger partial charge in [0.05, 0.1) is 0 Å². The monoisotopic (exact) mass is 134 g/mol. The molecule has 0 amide bonds. The molecule has 0 spiro atoms. The van der Waals surface area contributed by atoms with Crippen LogP contribution in [0, 0.1) is 0 Å². The highest BCUT2D eigenvalue weighted by Gasteiger charge is 2.68. The Balaban J connectivity index is 2.54. The topological polar surface area (TPSA) is 0 Å². The van der Waals surface area contributed by atoms with Crippen molar-refractivity contribution in [2.45, 2.75) is 44.4 Å². The van der Waals surface area contributed by atoms with Crippen LogP contribution < -0.4 is 0 Å². The summed E-state index contributed by atoms with van der Waals surface area (Å²) in [5, 5.41) is 0. The smallest absolute Gasteiger partial charge is 0.147 e. The molecule has 0 saturated heterocycles. The number of hydrogen-bond donors (Lipinski definition) is 0. The molecule has 0 N–H and O–H groups in total. The van der Waals surface area contributed by atoms with Crippen LogP contribution in [0.25, 0.3) is 0 Å². The van der Waals surface area contributed by atoms with Crippen molar-refractivity contribution in [3.05, 3.63) is 0 Å². The summed E-state index contributed by atoms with van der Waals surface area (Å²) in [7, 11) is 0. The van der Waals surface area contributed by atoms with Gasteiger partial charge in [-0.05, 0) is 12.8 Å². The minimum absolute atomic E-state index is 0.118. The average molecular weight is 134 g/mol. The normalized spacial score (nSPS) is 49.3. The van der Waals surface area contributed by atoms with E-state index in [4.69, 9.17) is 0 Å². The van der Waals surface area contributed by atoms with E-state index in [0.717, 1.165) is 0 Å². The summed E-state index contributed by atoms with van der Waals surface area (Å²) in [6, 6.07) is 0. The zero-order valence-corrected chi connectivity index (χ0v) is 5.88. The van der Waals surface area contributed by atoms with Crippen molar-refractivity contribution in [1.82, 2.24) is 0 Å². The summed E-state index contributed by atoms with van der Waals surface area (Å²) in [5.41, 5.74) is -2.94. The first-order chi connectivity index (χ1) is 4.08. The van der Waals surface area contributed by atoms with Crippen molar-refractivity contribution in [2.24, 2.45) is 0 Å². The van der Waals surface area contributed by atoms with Crippen LogP contribution >= 0.6 is 0 Å². The van der Waals surface area contributed by atoms with E-state index >= 15 is 0 Å². The van der Waals surface area contributed by atoms with Gasteiger partial charge in [0.1, 0.15) is 11.3 Å². The van der Waals surface area contributed by atoms with Crippen LogP contribution in [0.1, 0.15) is 33.1 Å². The lowest BCUT2D eigenvalue weighted by Crippen LogP contribution is -2.14. The van der Waals surface area contributed by atoms with E-state index < -0.39 is 11.3 Å². The highest BCUT2D eigenvalue weighted by Crippen LogP contribution is 2.58. The number of halogens is 2. The Bertz CT molecular complexity index is 110. The Morgan fingerprint density at radius 2 is 1.44 bits per heavy atom. The van der Waals surface area contributed by atoms with E-state index in [2.05, 4.69) is 0 Å². The van der Waals surface area contributed by atoms with E-state index in [1.165, 1.54) is 0 Å². The van der Waals surface area contributed by atoms with Crippen LogP contribution in [-0.2, 0) is 0 Å². The molecule has 54 valence electrons. The summed E-state index contributed by atoms with van der Waals surface area (Å²) in [4.78, 5) is 0. The van der Waals surface area contributed by atoms with E-state index in [-0.39, 0.29) is 6.42 Å². The minimum atomic E-state index is -1.47. The second kappa shape index (κ2) is 1.68. The number of alkyl halides is 2. The summed E-state index contributed by atoms with van der Waals surface area (Å²) in [6.07, 6.45) is 0.752. The van der Waals surface area contributed by atoms with Gasteiger partial charge in [0, 0.05) is 6.42 Å². The highest BCUT2D eigenvalue weighted by molar-refractivity contribution is 5.17. The third kappa shape index (κ3) is 0.759. The van der Waals surface area contributed by atoms with Crippen molar-refractivity contribution in [2.75, 3.05) is 0 Å². The van der Waals surface area contributed by atoms with Crippen molar-refractivity contribution in [3.63, 3.8) is 0 Å². The Kier molecular flexibility index (Phi) is 1.30. The molecule has 2 heteroatoms. The van der Waals surface area contributed by atoms with Crippen molar-refractivity contribution in [3.8, 4) is 0 Å². The molecule has 2 atom stereocenters. The molecule has 9 heavy (non-hydrogen) atoms. The van der Waals surface area contributed by atoms with Crippen LogP contribution in [0.2, 0.25) is 0 Å².